The Morgan fingerprint density at radius 2 is 1.68 bits per heavy atom. The highest BCUT2D eigenvalue weighted by molar-refractivity contribution is 6.44. The summed E-state index contributed by atoms with van der Waals surface area (Å²) < 4.78 is 0. The predicted octanol–water partition coefficient (Wildman–Crippen LogP) is 2.34. The summed E-state index contributed by atoms with van der Waals surface area (Å²) in [6.45, 7) is 0. The van der Waals surface area contributed by atoms with E-state index in [9.17, 15) is 9.59 Å². The molecule has 0 N–H and O–H groups in total. The zero-order chi connectivity index (χ0) is 13.2. The molecule has 1 amide bonds. The van der Waals surface area contributed by atoms with Crippen LogP contribution in [0.1, 0.15) is 37.7 Å². The molecule has 1 unspecified atom stereocenters. The van der Waals surface area contributed by atoms with Crippen molar-refractivity contribution in [1.29, 1.82) is 0 Å². The molecule has 100 valence electrons. The average Bonchev–Trinajstić information content (AvgIpc) is 2.48. The summed E-state index contributed by atoms with van der Waals surface area (Å²) in [5.74, 6) is -0.456. The number of carbonyl (C=O) groups excluding carboxylic acids is 2. The van der Waals surface area contributed by atoms with E-state index < -0.39 is 0 Å². The molecule has 1 aliphatic heterocycles. The fourth-order valence-corrected chi connectivity index (χ4v) is 3.28. The Hall–Kier alpha value is -1.64. The van der Waals surface area contributed by atoms with Crippen molar-refractivity contribution in [3.8, 4) is 0 Å². The maximum atomic E-state index is 11.8. The smallest absolute Gasteiger partial charge is 0.293 e. The molecule has 0 aromatic heterocycles. The first-order valence-corrected chi connectivity index (χ1v) is 7.18. The van der Waals surface area contributed by atoms with Crippen molar-refractivity contribution < 1.29 is 9.59 Å². The highest BCUT2D eigenvalue weighted by Crippen LogP contribution is 2.30. The number of nitrogens with zero attached hydrogens (tertiary/aromatic N) is 1. The van der Waals surface area contributed by atoms with E-state index in [1.807, 2.05) is 35.2 Å². The Bertz CT molecular complexity index is 477. The van der Waals surface area contributed by atoms with Crippen molar-refractivity contribution in [3.63, 3.8) is 0 Å². The molecule has 1 atom stereocenters. The zero-order valence-corrected chi connectivity index (χ0v) is 11.0. The van der Waals surface area contributed by atoms with E-state index in [-0.39, 0.29) is 17.7 Å². The van der Waals surface area contributed by atoms with Crippen LogP contribution in [0.2, 0.25) is 0 Å². The van der Waals surface area contributed by atoms with Gasteiger partial charge >= 0.3 is 0 Å². The molecule has 1 aliphatic carbocycles. The Morgan fingerprint density at radius 3 is 2.37 bits per heavy atom. The van der Waals surface area contributed by atoms with Gasteiger partial charge in [-0.05, 0) is 18.4 Å². The van der Waals surface area contributed by atoms with Crippen LogP contribution in [0.4, 0.5) is 0 Å². The Balaban J connectivity index is 1.72. The molecule has 0 spiro atoms. The molecule has 19 heavy (non-hydrogen) atoms. The van der Waals surface area contributed by atoms with E-state index in [0.29, 0.717) is 12.5 Å². The largest absolute Gasteiger partial charge is 0.322 e. The van der Waals surface area contributed by atoms with Gasteiger partial charge < -0.3 is 4.90 Å². The third kappa shape index (κ3) is 2.29. The molecule has 3 rings (SSSR count). The van der Waals surface area contributed by atoms with Crippen LogP contribution in [0.5, 0.6) is 0 Å². The Morgan fingerprint density at radius 1 is 1.00 bits per heavy atom. The fraction of sp³-hybridized carbons (Fsp3) is 0.500. The van der Waals surface area contributed by atoms with Crippen LogP contribution < -0.4 is 0 Å². The lowest BCUT2D eigenvalue weighted by molar-refractivity contribution is -0.164. The SMILES string of the molecule is O=C1C(=O)N(C2CCCCC2)C1Cc1ccccc1. The van der Waals surface area contributed by atoms with E-state index in [1.165, 1.54) is 19.3 Å². The highest BCUT2D eigenvalue weighted by atomic mass is 16.2. The van der Waals surface area contributed by atoms with Crippen LogP contribution in [0.25, 0.3) is 0 Å². The number of amides is 1. The lowest BCUT2D eigenvalue weighted by atomic mass is 9.85. The lowest BCUT2D eigenvalue weighted by Gasteiger charge is -2.45. The van der Waals surface area contributed by atoms with Crippen LogP contribution in [-0.4, -0.2) is 28.7 Å². The van der Waals surface area contributed by atoms with E-state index in [0.717, 1.165) is 18.4 Å². The van der Waals surface area contributed by atoms with Gasteiger partial charge in [0, 0.05) is 12.5 Å². The molecule has 0 radical (unpaired) electrons. The van der Waals surface area contributed by atoms with E-state index in [2.05, 4.69) is 0 Å². The number of ketones is 1. The summed E-state index contributed by atoms with van der Waals surface area (Å²) in [4.78, 5) is 25.5. The van der Waals surface area contributed by atoms with Gasteiger partial charge in [-0.25, -0.2) is 0 Å². The highest BCUT2D eigenvalue weighted by Gasteiger charge is 2.49. The number of Topliss-reactive ketones (excluding diaryl/α,β-unsaturated/α-hetero) is 1. The van der Waals surface area contributed by atoms with Crippen LogP contribution in [0, 0.1) is 0 Å². The fourth-order valence-electron chi connectivity index (χ4n) is 3.28. The maximum Gasteiger partial charge on any atom is 0.293 e. The molecule has 1 aromatic rings. The molecule has 2 aliphatic rings. The number of carbonyl (C=O) groups is 2. The summed E-state index contributed by atoms with van der Waals surface area (Å²) in [5.41, 5.74) is 1.13. The number of hydrogen-bond acceptors (Lipinski definition) is 2. The van der Waals surface area contributed by atoms with E-state index in [1.54, 1.807) is 0 Å². The van der Waals surface area contributed by atoms with Crippen molar-refractivity contribution in [1.82, 2.24) is 4.90 Å². The molecule has 0 bridgehead atoms. The van der Waals surface area contributed by atoms with Crippen molar-refractivity contribution >= 4 is 11.7 Å². The third-order valence-corrected chi connectivity index (χ3v) is 4.32. The molecule has 1 heterocycles. The molecule has 3 nitrogen and oxygen atoms in total. The first kappa shape index (κ1) is 12.4. The number of likely N-dealkylation sites (tertiary alicyclic amines) is 1. The maximum absolute atomic E-state index is 11.8. The molecular weight excluding hydrogens is 238 g/mol. The number of rotatable bonds is 3. The molecule has 3 heteroatoms. The van der Waals surface area contributed by atoms with Crippen molar-refractivity contribution in [2.24, 2.45) is 0 Å². The first-order chi connectivity index (χ1) is 9.27. The van der Waals surface area contributed by atoms with Crippen LogP contribution >= 0.6 is 0 Å². The quantitative estimate of drug-likeness (QED) is 0.615. The van der Waals surface area contributed by atoms with Crippen molar-refractivity contribution in [2.75, 3.05) is 0 Å². The monoisotopic (exact) mass is 257 g/mol. The van der Waals surface area contributed by atoms with Gasteiger partial charge in [0.15, 0.2) is 0 Å². The van der Waals surface area contributed by atoms with Crippen molar-refractivity contribution in [2.45, 2.75) is 50.6 Å². The summed E-state index contributed by atoms with van der Waals surface area (Å²) in [5, 5.41) is 0. The Kier molecular flexibility index (Phi) is 3.36. The van der Waals surface area contributed by atoms with Crippen LogP contribution in [0.3, 0.4) is 0 Å². The molecular formula is C16H19NO2. The number of hydrogen-bond donors (Lipinski definition) is 0. The Labute approximate surface area is 113 Å². The summed E-state index contributed by atoms with van der Waals surface area (Å²) in [7, 11) is 0. The molecule has 1 aromatic carbocycles. The average molecular weight is 257 g/mol. The lowest BCUT2D eigenvalue weighted by Crippen LogP contribution is -2.66. The van der Waals surface area contributed by atoms with Gasteiger partial charge in [-0.1, -0.05) is 49.6 Å². The standard InChI is InChI=1S/C16H19NO2/c18-15-14(11-12-7-3-1-4-8-12)17(16(15)19)13-9-5-2-6-10-13/h1,3-4,7-8,13-14H,2,5-6,9-11H2. The summed E-state index contributed by atoms with van der Waals surface area (Å²) in [6, 6.07) is 10.1. The second kappa shape index (κ2) is 5.16. The minimum Gasteiger partial charge on any atom is -0.322 e. The second-order valence-corrected chi connectivity index (χ2v) is 5.57. The normalized spacial score (nSPS) is 24.4. The topological polar surface area (TPSA) is 37.4 Å². The second-order valence-electron chi connectivity index (χ2n) is 5.57. The van der Waals surface area contributed by atoms with Gasteiger partial charge in [0.05, 0.1) is 0 Å². The minimum atomic E-state index is -0.257. The van der Waals surface area contributed by atoms with Crippen LogP contribution in [0.15, 0.2) is 30.3 Å². The minimum absolute atomic E-state index is 0.200. The summed E-state index contributed by atoms with van der Waals surface area (Å²) >= 11 is 0. The van der Waals surface area contributed by atoms with Gasteiger partial charge in [0.25, 0.3) is 5.91 Å². The molecule has 1 saturated carbocycles. The third-order valence-electron chi connectivity index (χ3n) is 4.32. The zero-order valence-electron chi connectivity index (χ0n) is 11.0. The summed E-state index contributed by atoms with van der Waals surface area (Å²) in [6.07, 6.45) is 6.41. The number of β-lactam (4-membered cyclic amide) rings is 1. The van der Waals surface area contributed by atoms with Gasteiger partial charge in [-0.2, -0.15) is 0 Å². The molecule has 1 saturated heterocycles. The number of benzene rings is 1. The van der Waals surface area contributed by atoms with Crippen LogP contribution in [-0.2, 0) is 16.0 Å². The van der Waals surface area contributed by atoms with E-state index >= 15 is 0 Å². The van der Waals surface area contributed by atoms with Gasteiger partial charge in [0.1, 0.15) is 6.04 Å². The van der Waals surface area contributed by atoms with Gasteiger partial charge in [0.2, 0.25) is 5.78 Å². The predicted molar refractivity (Wildman–Crippen MR) is 72.7 cm³/mol. The van der Waals surface area contributed by atoms with Gasteiger partial charge in [-0.3, -0.25) is 9.59 Å². The van der Waals surface area contributed by atoms with E-state index in [4.69, 9.17) is 0 Å². The molecule has 2 fully saturated rings. The van der Waals surface area contributed by atoms with Crippen molar-refractivity contribution in [3.05, 3.63) is 35.9 Å². The van der Waals surface area contributed by atoms with Gasteiger partial charge in [-0.15, -0.1) is 0 Å². The first-order valence-electron chi connectivity index (χ1n) is 7.18.